The summed E-state index contributed by atoms with van der Waals surface area (Å²) in [6, 6.07) is 15.3. The SMILES string of the molecule is CCNC(=NCc1cccc(Cl)c1)NCc1ccc(NC(=O)NC(C)C)cc1.I. The monoisotopic (exact) mass is 529 g/mol. The Morgan fingerprint density at radius 1 is 1.07 bits per heavy atom. The lowest BCUT2D eigenvalue weighted by Gasteiger charge is -2.13. The Morgan fingerprint density at radius 3 is 2.41 bits per heavy atom. The average molecular weight is 530 g/mol. The van der Waals surface area contributed by atoms with E-state index in [1.54, 1.807) is 0 Å². The van der Waals surface area contributed by atoms with Gasteiger partial charge in [-0.05, 0) is 56.2 Å². The van der Waals surface area contributed by atoms with Crippen molar-refractivity contribution >= 4 is 53.3 Å². The number of nitrogens with zero attached hydrogens (tertiary/aromatic N) is 1. The van der Waals surface area contributed by atoms with Crippen molar-refractivity contribution in [2.45, 2.75) is 39.9 Å². The van der Waals surface area contributed by atoms with E-state index in [0.29, 0.717) is 18.1 Å². The van der Waals surface area contributed by atoms with Crippen LogP contribution < -0.4 is 21.3 Å². The minimum Gasteiger partial charge on any atom is -0.357 e. The average Bonchev–Trinajstić information content (AvgIpc) is 2.64. The normalized spacial score (nSPS) is 10.9. The summed E-state index contributed by atoms with van der Waals surface area (Å²) < 4.78 is 0. The first-order valence-electron chi connectivity index (χ1n) is 9.39. The predicted octanol–water partition coefficient (Wildman–Crippen LogP) is 4.74. The molecule has 0 aliphatic carbocycles. The van der Waals surface area contributed by atoms with Crippen LogP contribution in [0.25, 0.3) is 0 Å². The van der Waals surface area contributed by atoms with Gasteiger partial charge in [-0.1, -0.05) is 35.9 Å². The van der Waals surface area contributed by atoms with Crippen LogP contribution in [0.4, 0.5) is 10.5 Å². The van der Waals surface area contributed by atoms with Crippen molar-refractivity contribution in [1.82, 2.24) is 16.0 Å². The Labute approximate surface area is 194 Å². The Balaban J connectivity index is 0.00000420. The molecule has 6 nitrogen and oxygen atoms in total. The van der Waals surface area contributed by atoms with Crippen molar-refractivity contribution in [1.29, 1.82) is 0 Å². The second-order valence-corrected chi connectivity index (χ2v) is 7.07. The van der Waals surface area contributed by atoms with E-state index in [1.807, 2.05) is 69.3 Å². The largest absolute Gasteiger partial charge is 0.357 e. The maximum Gasteiger partial charge on any atom is 0.319 e. The molecule has 0 aliphatic heterocycles. The number of hydrogen-bond acceptors (Lipinski definition) is 2. The molecule has 0 aromatic heterocycles. The number of rotatable bonds is 7. The van der Waals surface area contributed by atoms with Gasteiger partial charge >= 0.3 is 6.03 Å². The highest BCUT2D eigenvalue weighted by atomic mass is 127. The highest BCUT2D eigenvalue weighted by Crippen LogP contribution is 2.12. The summed E-state index contributed by atoms with van der Waals surface area (Å²) in [6.45, 7) is 7.81. The lowest BCUT2D eigenvalue weighted by Crippen LogP contribution is -2.36. The number of urea groups is 1. The quantitative estimate of drug-likeness (QED) is 0.238. The summed E-state index contributed by atoms with van der Waals surface area (Å²) in [5, 5.41) is 12.9. The van der Waals surface area contributed by atoms with Gasteiger partial charge in [0.15, 0.2) is 5.96 Å². The first-order chi connectivity index (χ1) is 13.5. The van der Waals surface area contributed by atoms with Gasteiger partial charge in [-0.2, -0.15) is 0 Å². The van der Waals surface area contributed by atoms with E-state index < -0.39 is 0 Å². The van der Waals surface area contributed by atoms with Crippen molar-refractivity contribution in [3.63, 3.8) is 0 Å². The van der Waals surface area contributed by atoms with Crippen molar-refractivity contribution in [3.8, 4) is 0 Å². The standard InChI is InChI=1S/C21H28ClN5O.HI/c1-4-23-20(25-14-17-6-5-7-18(22)12-17)24-13-16-8-10-19(11-9-16)27-21(28)26-15(2)3;/h5-12,15H,4,13-14H2,1-3H3,(H2,23,24,25)(H2,26,27,28);1H. The van der Waals surface area contributed by atoms with E-state index in [2.05, 4.69) is 26.3 Å². The third-order valence-corrected chi connectivity index (χ3v) is 3.98. The van der Waals surface area contributed by atoms with Gasteiger partial charge < -0.3 is 21.3 Å². The van der Waals surface area contributed by atoms with E-state index in [0.717, 1.165) is 29.3 Å². The third kappa shape index (κ3) is 9.85. The fourth-order valence-electron chi connectivity index (χ4n) is 2.47. The Hall–Kier alpha value is -2.00. The van der Waals surface area contributed by atoms with Gasteiger partial charge in [0, 0.05) is 29.8 Å². The van der Waals surface area contributed by atoms with Crippen LogP contribution >= 0.6 is 35.6 Å². The molecule has 0 aliphatic rings. The molecule has 0 fully saturated rings. The number of carbonyl (C=O) groups excluding carboxylic acids is 1. The molecule has 0 atom stereocenters. The van der Waals surface area contributed by atoms with Gasteiger partial charge in [0.25, 0.3) is 0 Å². The maximum absolute atomic E-state index is 11.7. The van der Waals surface area contributed by atoms with E-state index in [4.69, 9.17) is 11.6 Å². The van der Waals surface area contributed by atoms with Gasteiger partial charge in [-0.25, -0.2) is 9.79 Å². The zero-order valence-corrected chi connectivity index (χ0v) is 20.0. The Bertz CT molecular complexity index is 796. The molecule has 4 N–H and O–H groups in total. The van der Waals surface area contributed by atoms with Crippen LogP contribution in [0.1, 0.15) is 31.9 Å². The molecule has 0 unspecified atom stereocenters. The molecule has 0 heterocycles. The van der Waals surface area contributed by atoms with Gasteiger partial charge in [-0.3, -0.25) is 0 Å². The van der Waals surface area contributed by atoms with Gasteiger partial charge in [0.1, 0.15) is 0 Å². The molecule has 2 amide bonds. The smallest absolute Gasteiger partial charge is 0.319 e. The fourth-order valence-corrected chi connectivity index (χ4v) is 2.68. The Morgan fingerprint density at radius 2 is 1.79 bits per heavy atom. The van der Waals surface area contributed by atoms with Crippen molar-refractivity contribution < 1.29 is 4.79 Å². The van der Waals surface area contributed by atoms with Crippen LogP contribution in [0, 0.1) is 0 Å². The number of halogens is 2. The number of amides is 2. The molecule has 2 aromatic carbocycles. The predicted molar refractivity (Wildman–Crippen MR) is 132 cm³/mol. The highest BCUT2D eigenvalue weighted by molar-refractivity contribution is 14.0. The van der Waals surface area contributed by atoms with Crippen molar-refractivity contribution in [2.75, 3.05) is 11.9 Å². The van der Waals surface area contributed by atoms with Crippen molar-refractivity contribution in [2.24, 2.45) is 4.99 Å². The van der Waals surface area contributed by atoms with Crippen LogP contribution in [0.15, 0.2) is 53.5 Å². The summed E-state index contributed by atoms with van der Waals surface area (Å²) in [7, 11) is 0. The zero-order valence-electron chi connectivity index (χ0n) is 17.0. The molecule has 0 bridgehead atoms. The van der Waals surface area contributed by atoms with Gasteiger partial charge in [0.05, 0.1) is 6.54 Å². The molecule has 0 radical (unpaired) electrons. The maximum atomic E-state index is 11.7. The first-order valence-corrected chi connectivity index (χ1v) is 9.77. The van der Waals surface area contributed by atoms with E-state index in [-0.39, 0.29) is 36.0 Å². The van der Waals surface area contributed by atoms with Gasteiger partial charge in [-0.15, -0.1) is 24.0 Å². The lowest BCUT2D eigenvalue weighted by atomic mass is 10.2. The summed E-state index contributed by atoms with van der Waals surface area (Å²) in [5.41, 5.74) is 2.89. The number of nitrogens with one attached hydrogen (secondary N) is 4. The summed E-state index contributed by atoms with van der Waals surface area (Å²) in [6.07, 6.45) is 0. The fraction of sp³-hybridized carbons (Fsp3) is 0.333. The molecular weight excluding hydrogens is 501 g/mol. The number of aliphatic imine (C=N–C) groups is 1. The topological polar surface area (TPSA) is 77.6 Å². The number of anilines is 1. The summed E-state index contributed by atoms with van der Waals surface area (Å²) in [4.78, 5) is 16.3. The minimum absolute atomic E-state index is 0. The molecule has 0 saturated heterocycles. The first kappa shape index (κ1) is 25.0. The van der Waals surface area contributed by atoms with E-state index in [1.165, 1.54) is 0 Å². The molecule has 29 heavy (non-hydrogen) atoms. The van der Waals surface area contributed by atoms with Crippen LogP contribution in [0.3, 0.4) is 0 Å². The number of hydrogen-bond donors (Lipinski definition) is 4. The lowest BCUT2D eigenvalue weighted by molar-refractivity contribution is 0.250. The number of benzene rings is 2. The van der Waals surface area contributed by atoms with E-state index >= 15 is 0 Å². The third-order valence-electron chi connectivity index (χ3n) is 3.74. The number of carbonyl (C=O) groups is 1. The van der Waals surface area contributed by atoms with E-state index in [9.17, 15) is 4.79 Å². The highest BCUT2D eigenvalue weighted by Gasteiger charge is 2.04. The molecule has 2 aromatic rings. The zero-order chi connectivity index (χ0) is 20.4. The molecular formula is C21H29ClIN5O. The van der Waals surface area contributed by atoms with Crippen molar-refractivity contribution in [3.05, 3.63) is 64.7 Å². The van der Waals surface area contributed by atoms with Crippen LogP contribution in [-0.4, -0.2) is 24.6 Å². The molecule has 0 saturated carbocycles. The van der Waals surface area contributed by atoms with Crippen LogP contribution in [0.5, 0.6) is 0 Å². The van der Waals surface area contributed by atoms with Crippen LogP contribution in [-0.2, 0) is 13.1 Å². The summed E-state index contributed by atoms with van der Waals surface area (Å²) in [5.74, 6) is 0.737. The number of guanidine groups is 1. The second-order valence-electron chi connectivity index (χ2n) is 6.63. The summed E-state index contributed by atoms with van der Waals surface area (Å²) >= 11 is 6.02. The van der Waals surface area contributed by atoms with Crippen LogP contribution in [0.2, 0.25) is 5.02 Å². The molecule has 0 spiro atoms. The van der Waals surface area contributed by atoms with Gasteiger partial charge in [0.2, 0.25) is 0 Å². The second kappa shape index (κ2) is 13.3. The molecule has 158 valence electrons. The molecule has 8 heteroatoms. The molecule has 2 rings (SSSR count). The Kier molecular flexibility index (Phi) is 11.5. The minimum atomic E-state index is -0.205.